The number of nitrogens with zero attached hydrogens (tertiary/aromatic N) is 3. The van der Waals surface area contributed by atoms with Crippen LogP contribution in [0, 0.1) is 0 Å². The predicted molar refractivity (Wildman–Crippen MR) is 90.9 cm³/mol. The van der Waals surface area contributed by atoms with Crippen molar-refractivity contribution < 1.29 is 0 Å². The SMILES string of the molecule is CCNC(=NCc1cccc(Cn2cccn2)c1)NC(C)C. The summed E-state index contributed by atoms with van der Waals surface area (Å²) >= 11 is 0. The first kappa shape index (κ1) is 16.1. The number of nitrogens with one attached hydrogen (secondary N) is 2. The summed E-state index contributed by atoms with van der Waals surface area (Å²) in [7, 11) is 0. The molecule has 0 saturated carbocycles. The van der Waals surface area contributed by atoms with Gasteiger partial charge in [0.2, 0.25) is 0 Å². The third kappa shape index (κ3) is 5.24. The van der Waals surface area contributed by atoms with Gasteiger partial charge in [-0.15, -0.1) is 0 Å². The first-order valence-electron chi connectivity index (χ1n) is 7.77. The molecule has 0 radical (unpaired) electrons. The Hall–Kier alpha value is -2.30. The second-order valence-electron chi connectivity index (χ2n) is 5.52. The molecular formula is C17H25N5. The minimum absolute atomic E-state index is 0.365. The minimum atomic E-state index is 0.365. The Balaban J connectivity index is 2.02. The summed E-state index contributed by atoms with van der Waals surface area (Å²) in [5.41, 5.74) is 2.43. The maximum absolute atomic E-state index is 4.63. The summed E-state index contributed by atoms with van der Waals surface area (Å²) in [5.74, 6) is 0.856. The zero-order valence-electron chi connectivity index (χ0n) is 13.6. The Labute approximate surface area is 132 Å². The van der Waals surface area contributed by atoms with Crippen molar-refractivity contribution in [1.82, 2.24) is 20.4 Å². The average Bonchev–Trinajstić information content (AvgIpc) is 2.98. The van der Waals surface area contributed by atoms with Gasteiger partial charge in [-0.2, -0.15) is 5.10 Å². The van der Waals surface area contributed by atoms with E-state index < -0.39 is 0 Å². The van der Waals surface area contributed by atoms with Crippen LogP contribution < -0.4 is 10.6 Å². The molecule has 5 nitrogen and oxygen atoms in total. The fourth-order valence-corrected chi connectivity index (χ4v) is 2.17. The van der Waals surface area contributed by atoms with Gasteiger partial charge in [0.25, 0.3) is 0 Å². The van der Waals surface area contributed by atoms with E-state index in [1.165, 1.54) is 11.1 Å². The van der Waals surface area contributed by atoms with E-state index in [4.69, 9.17) is 0 Å². The lowest BCUT2D eigenvalue weighted by Gasteiger charge is -2.14. The Bertz CT molecular complexity index is 587. The Kier molecular flexibility index (Phi) is 6.01. The molecule has 0 atom stereocenters. The normalized spacial score (nSPS) is 11.7. The van der Waals surface area contributed by atoms with Crippen molar-refractivity contribution in [3.05, 3.63) is 53.9 Å². The number of benzene rings is 1. The molecule has 5 heteroatoms. The fourth-order valence-electron chi connectivity index (χ4n) is 2.17. The Morgan fingerprint density at radius 3 is 2.77 bits per heavy atom. The standard InChI is InChI=1S/C17H25N5/c1-4-18-17(21-14(2)3)19-12-15-7-5-8-16(11-15)13-22-10-6-9-20-22/h5-11,14H,4,12-13H2,1-3H3,(H2,18,19,21). The van der Waals surface area contributed by atoms with Gasteiger partial charge in [-0.1, -0.05) is 24.3 Å². The third-order valence-electron chi connectivity index (χ3n) is 3.08. The van der Waals surface area contributed by atoms with Crippen molar-refractivity contribution in [2.24, 2.45) is 4.99 Å². The third-order valence-corrected chi connectivity index (χ3v) is 3.08. The summed E-state index contributed by atoms with van der Waals surface area (Å²) in [6, 6.07) is 10.8. The second-order valence-corrected chi connectivity index (χ2v) is 5.52. The molecule has 2 N–H and O–H groups in total. The largest absolute Gasteiger partial charge is 0.357 e. The lowest BCUT2D eigenvalue weighted by atomic mass is 10.1. The molecular weight excluding hydrogens is 274 g/mol. The van der Waals surface area contributed by atoms with Crippen molar-refractivity contribution in [3.8, 4) is 0 Å². The number of guanidine groups is 1. The van der Waals surface area contributed by atoms with E-state index in [0.717, 1.165) is 19.0 Å². The number of hydrogen-bond acceptors (Lipinski definition) is 2. The topological polar surface area (TPSA) is 54.2 Å². The molecule has 2 rings (SSSR count). The maximum atomic E-state index is 4.63. The van der Waals surface area contributed by atoms with Crippen molar-refractivity contribution in [2.45, 2.75) is 39.9 Å². The van der Waals surface area contributed by atoms with Crippen molar-refractivity contribution in [3.63, 3.8) is 0 Å². The van der Waals surface area contributed by atoms with Gasteiger partial charge in [0.1, 0.15) is 0 Å². The van der Waals surface area contributed by atoms with E-state index in [-0.39, 0.29) is 0 Å². The molecule has 1 heterocycles. The molecule has 1 aromatic carbocycles. The van der Waals surface area contributed by atoms with Gasteiger partial charge in [0, 0.05) is 25.0 Å². The molecule has 2 aromatic rings. The van der Waals surface area contributed by atoms with Gasteiger partial charge < -0.3 is 10.6 Å². The minimum Gasteiger partial charge on any atom is -0.357 e. The summed E-state index contributed by atoms with van der Waals surface area (Å²) in [4.78, 5) is 4.63. The molecule has 1 aromatic heterocycles. The summed E-state index contributed by atoms with van der Waals surface area (Å²) in [5, 5.41) is 10.8. The molecule has 22 heavy (non-hydrogen) atoms. The van der Waals surface area contributed by atoms with E-state index in [1.807, 2.05) is 16.9 Å². The molecule has 118 valence electrons. The van der Waals surface area contributed by atoms with E-state index in [9.17, 15) is 0 Å². The highest BCUT2D eigenvalue weighted by Crippen LogP contribution is 2.08. The summed E-state index contributed by atoms with van der Waals surface area (Å²) < 4.78 is 1.92. The van der Waals surface area contributed by atoms with Crippen LogP contribution in [-0.4, -0.2) is 28.3 Å². The number of aliphatic imine (C=N–C) groups is 1. The van der Waals surface area contributed by atoms with Gasteiger partial charge in [-0.3, -0.25) is 4.68 Å². The van der Waals surface area contributed by atoms with Crippen LogP contribution in [0.1, 0.15) is 31.9 Å². The highest BCUT2D eigenvalue weighted by atomic mass is 15.3. The smallest absolute Gasteiger partial charge is 0.191 e. The molecule has 0 saturated heterocycles. The zero-order valence-corrected chi connectivity index (χ0v) is 13.6. The zero-order chi connectivity index (χ0) is 15.8. The van der Waals surface area contributed by atoms with Crippen LogP contribution in [0.3, 0.4) is 0 Å². The van der Waals surface area contributed by atoms with Gasteiger partial charge in [-0.25, -0.2) is 4.99 Å². The quantitative estimate of drug-likeness (QED) is 0.636. The van der Waals surface area contributed by atoms with Crippen molar-refractivity contribution >= 4 is 5.96 Å². The first-order valence-corrected chi connectivity index (χ1v) is 7.77. The molecule has 0 fully saturated rings. The highest BCUT2D eigenvalue weighted by molar-refractivity contribution is 5.79. The van der Waals surface area contributed by atoms with Crippen molar-refractivity contribution in [1.29, 1.82) is 0 Å². The van der Waals surface area contributed by atoms with Gasteiger partial charge >= 0.3 is 0 Å². The molecule has 0 spiro atoms. The lowest BCUT2D eigenvalue weighted by Crippen LogP contribution is -2.40. The number of rotatable bonds is 6. The molecule has 0 aliphatic carbocycles. The maximum Gasteiger partial charge on any atom is 0.191 e. The van der Waals surface area contributed by atoms with Crippen molar-refractivity contribution in [2.75, 3.05) is 6.54 Å². The average molecular weight is 299 g/mol. The monoisotopic (exact) mass is 299 g/mol. The number of aromatic nitrogens is 2. The van der Waals surface area contributed by atoms with Crippen LogP contribution in [-0.2, 0) is 13.1 Å². The molecule has 0 unspecified atom stereocenters. The van der Waals surface area contributed by atoms with Gasteiger partial charge in [0.15, 0.2) is 5.96 Å². The fraction of sp³-hybridized carbons (Fsp3) is 0.412. The number of hydrogen-bond donors (Lipinski definition) is 2. The van der Waals surface area contributed by atoms with Crippen LogP contribution in [0.5, 0.6) is 0 Å². The molecule has 0 amide bonds. The second kappa shape index (κ2) is 8.22. The molecule has 0 bridgehead atoms. The first-order chi connectivity index (χ1) is 10.7. The van der Waals surface area contributed by atoms with Crippen LogP contribution in [0.2, 0.25) is 0 Å². The van der Waals surface area contributed by atoms with Crippen LogP contribution in [0.25, 0.3) is 0 Å². The molecule has 0 aliphatic rings. The Morgan fingerprint density at radius 1 is 1.27 bits per heavy atom. The summed E-state index contributed by atoms with van der Waals surface area (Å²) in [6.45, 7) is 8.60. The van der Waals surface area contributed by atoms with E-state index in [2.05, 4.69) is 65.8 Å². The van der Waals surface area contributed by atoms with Crippen LogP contribution in [0.4, 0.5) is 0 Å². The molecule has 0 aliphatic heterocycles. The Morgan fingerprint density at radius 2 is 2.09 bits per heavy atom. The summed E-state index contributed by atoms with van der Waals surface area (Å²) in [6.07, 6.45) is 3.77. The highest BCUT2D eigenvalue weighted by Gasteiger charge is 2.01. The van der Waals surface area contributed by atoms with E-state index in [1.54, 1.807) is 6.20 Å². The van der Waals surface area contributed by atoms with E-state index in [0.29, 0.717) is 12.6 Å². The van der Waals surface area contributed by atoms with Gasteiger partial charge in [0.05, 0.1) is 13.1 Å². The lowest BCUT2D eigenvalue weighted by molar-refractivity contribution is 0.685. The van der Waals surface area contributed by atoms with Crippen LogP contribution >= 0.6 is 0 Å². The predicted octanol–water partition coefficient (Wildman–Crippen LogP) is 2.39. The van der Waals surface area contributed by atoms with Gasteiger partial charge in [-0.05, 0) is 38.0 Å². The van der Waals surface area contributed by atoms with Crippen LogP contribution in [0.15, 0.2) is 47.7 Å². The van der Waals surface area contributed by atoms with E-state index >= 15 is 0 Å².